The largest absolute Gasteiger partial charge is 0.457 e. The average molecular weight is 586 g/mol. The van der Waals surface area contributed by atoms with Crippen LogP contribution in [0.25, 0.3) is 21.9 Å². The SMILES string of the molecule is C=CSc1ccc2sc(C=CC=C3C=C(C=C4Sc5ccc(Cl)cc5N4C)Oc4ccccc43)[n+](CC)c2c1. The number of hydrogen-bond acceptors (Lipinski definition) is 5. The average Bonchev–Trinajstić information content (AvgIpc) is 3.44. The Kier molecular flexibility index (Phi) is 7.45. The van der Waals surface area contributed by atoms with Crippen LogP contribution in [0.5, 0.6) is 5.75 Å². The normalized spacial score (nSPS) is 16.6. The Bertz CT molecular complexity index is 1730. The maximum absolute atomic E-state index is 6.31. The number of rotatable bonds is 6. The summed E-state index contributed by atoms with van der Waals surface area (Å²) in [6.45, 7) is 6.95. The molecule has 0 aliphatic carbocycles. The van der Waals surface area contributed by atoms with Crippen molar-refractivity contribution in [2.75, 3.05) is 11.9 Å². The minimum atomic E-state index is 0.737. The van der Waals surface area contributed by atoms with Gasteiger partial charge in [-0.2, -0.15) is 4.57 Å². The van der Waals surface area contributed by atoms with Gasteiger partial charge >= 0.3 is 0 Å². The Hall–Kier alpha value is -3.16. The number of ether oxygens (including phenoxy) is 1. The van der Waals surface area contributed by atoms with E-state index in [0.717, 1.165) is 44.9 Å². The molecule has 194 valence electrons. The molecule has 7 heteroatoms. The molecular formula is C32H26ClN2OS3+. The van der Waals surface area contributed by atoms with E-state index in [1.165, 1.54) is 25.0 Å². The fraction of sp³-hybridized carbons (Fsp3) is 0.0938. The van der Waals surface area contributed by atoms with Gasteiger partial charge in [-0.15, -0.1) is 0 Å². The lowest BCUT2D eigenvalue weighted by atomic mass is 10.0. The summed E-state index contributed by atoms with van der Waals surface area (Å²) in [7, 11) is 2.06. The quantitative estimate of drug-likeness (QED) is 0.165. The maximum atomic E-state index is 6.31. The topological polar surface area (TPSA) is 16.4 Å². The van der Waals surface area contributed by atoms with Gasteiger partial charge in [-0.25, -0.2) is 0 Å². The van der Waals surface area contributed by atoms with E-state index in [4.69, 9.17) is 16.3 Å². The zero-order valence-electron chi connectivity index (χ0n) is 21.6. The summed E-state index contributed by atoms with van der Waals surface area (Å²) in [5.74, 6) is 1.66. The second kappa shape index (κ2) is 11.1. The third-order valence-electron chi connectivity index (χ3n) is 6.57. The van der Waals surface area contributed by atoms with E-state index in [0.29, 0.717) is 0 Å². The van der Waals surface area contributed by atoms with Crippen molar-refractivity contribution in [2.45, 2.75) is 23.3 Å². The van der Waals surface area contributed by atoms with Crippen LogP contribution in [0.1, 0.15) is 17.5 Å². The van der Waals surface area contributed by atoms with Crippen LogP contribution in [-0.4, -0.2) is 7.05 Å². The monoisotopic (exact) mass is 585 g/mol. The van der Waals surface area contributed by atoms with E-state index >= 15 is 0 Å². The van der Waals surface area contributed by atoms with Crippen molar-refractivity contribution >= 4 is 74.0 Å². The Morgan fingerprint density at radius 1 is 1.13 bits per heavy atom. The number of hydrogen-bond donors (Lipinski definition) is 0. The number of para-hydroxylation sites is 1. The van der Waals surface area contributed by atoms with Crippen molar-refractivity contribution in [3.63, 3.8) is 0 Å². The van der Waals surface area contributed by atoms with Crippen LogP contribution in [0.3, 0.4) is 0 Å². The van der Waals surface area contributed by atoms with Gasteiger partial charge in [0.15, 0.2) is 0 Å². The molecule has 3 nitrogen and oxygen atoms in total. The molecule has 0 amide bonds. The first-order chi connectivity index (χ1) is 19.0. The molecule has 0 fully saturated rings. The van der Waals surface area contributed by atoms with E-state index < -0.39 is 0 Å². The van der Waals surface area contributed by atoms with Crippen molar-refractivity contribution in [3.05, 3.63) is 123 Å². The number of nitrogens with zero attached hydrogens (tertiary/aromatic N) is 2. The first-order valence-corrected chi connectivity index (χ1v) is 15.5. The Balaban J connectivity index is 1.33. The highest BCUT2D eigenvalue weighted by molar-refractivity contribution is 8.03. The number of benzene rings is 3. The summed E-state index contributed by atoms with van der Waals surface area (Å²) >= 11 is 11.4. The van der Waals surface area contributed by atoms with Crippen LogP contribution in [0.2, 0.25) is 5.02 Å². The van der Waals surface area contributed by atoms with E-state index in [9.17, 15) is 0 Å². The number of halogens is 1. The maximum Gasteiger partial charge on any atom is 0.262 e. The Morgan fingerprint density at radius 3 is 2.85 bits per heavy atom. The fourth-order valence-electron chi connectivity index (χ4n) is 4.71. The zero-order chi connectivity index (χ0) is 26.9. The molecule has 0 saturated carbocycles. The second-order valence-electron chi connectivity index (χ2n) is 8.98. The molecule has 6 rings (SSSR count). The van der Waals surface area contributed by atoms with Crippen molar-refractivity contribution in [2.24, 2.45) is 0 Å². The highest BCUT2D eigenvalue weighted by Crippen LogP contribution is 2.47. The molecule has 0 unspecified atom stereocenters. The van der Waals surface area contributed by atoms with Gasteiger partial charge in [-0.1, -0.05) is 83.4 Å². The molecule has 39 heavy (non-hydrogen) atoms. The lowest BCUT2D eigenvalue weighted by molar-refractivity contribution is -0.665. The van der Waals surface area contributed by atoms with E-state index in [-0.39, 0.29) is 0 Å². The van der Waals surface area contributed by atoms with E-state index in [1.807, 2.05) is 47.1 Å². The van der Waals surface area contributed by atoms with Crippen molar-refractivity contribution < 1.29 is 9.30 Å². The number of aromatic nitrogens is 1. The molecule has 0 radical (unpaired) electrons. The minimum Gasteiger partial charge on any atom is -0.457 e. The van der Waals surface area contributed by atoms with Crippen LogP contribution in [-0.2, 0) is 6.54 Å². The number of anilines is 1. The molecule has 3 heterocycles. The Morgan fingerprint density at radius 2 is 2.00 bits per heavy atom. The molecule has 0 spiro atoms. The van der Waals surface area contributed by atoms with Crippen LogP contribution < -0.4 is 14.2 Å². The number of allylic oxidation sites excluding steroid dienone is 5. The Labute approximate surface area is 246 Å². The van der Waals surface area contributed by atoms with Gasteiger partial charge in [0.2, 0.25) is 5.52 Å². The van der Waals surface area contributed by atoms with Crippen molar-refractivity contribution in [3.8, 4) is 5.75 Å². The second-order valence-corrected chi connectivity index (χ2v) is 12.6. The lowest BCUT2D eigenvalue weighted by Gasteiger charge is -2.20. The number of fused-ring (bicyclic) bond motifs is 3. The molecule has 2 aliphatic heterocycles. The number of aryl methyl sites for hydroxylation is 1. The first-order valence-electron chi connectivity index (χ1n) is 12.6. The molecule has 0 atom stereocenters. The molecule has 2 aliphatic rings. The van der Waals surface area contributed by atoms with Crippen LogP contribution in [0.15, 0.2) is 118 Å². The van der Waals surface area contributed by atoms with Gasteiger partial charge < -0.3 is 9.64 Å². The summed E-state index contributed by atoms with van der Waals surface area (Å²) in [4.78, 5) is 4.55. The fourth-order valence-corrected chi connectivity index (χ4v) is 7.59. The molecule has 0 bridgehead atoms. The molecule has 1 aromatic heterocycles. The van der Waals surface area contributed by atoms with Crippen molar-refractivity contribution in [1.82, 2.24) is 0 Å². The molecular weight excluding hydrogens is 560 g/mol. The molecule has 4 aromatic rings. The van der Waals surface area contributed by atoms with E-state index in [2.05, 4.69) is 90.7 Å². The van der Waals surface area contributed by atoms with Gasteiger partial charge in [0.1, 0.15) is 22.8 Å². The predicted octanol–water partition coefficient (Wildman–Crippen LogP) is 9.55. The van der Waals surface area contributed by atoms with Gasteiger partial charge in [0.25, 0.3) is 5.01 Å². The standard InChI is InChI=1S/C32H26ClN2OS3/c1-4-35-27-20-24(37-5-2)14-16-30(27)38-31(35)12-8-9-21-17-23(36-28-11-7-6-10-25(21)28)19-32-34(3)26-18-22(33)13-15-29(26)39-32/h5-20H,2,4H2,1,3H3/q+1. The summed E-state index contributed by atoms with van der Waals surface area (Å²) in [6.07, 6.45) is 10.7. The van der Waals surface area contributed by atoms with Crippen molar-refractivity contribution in [1.29, 1.82) is 0 Å². The van der Waals surface area contributed by atoms with Gasteiger partial charge in [-0.05, 0) is 60.4 Å². The summed E-state index contributed by atoms with van der Waals surface area (Å²) in [6, 6.07) is 20.8. The van der Waals surface area contributed by atoms with Gasteiger partial charge in [0.05, 0.1) is 10.7 Å². The first kappa shape index (κ1) is 26.1. The van der Waals surface area contributed by atoms with Crippen LogP contribution >= 0.6 is 46.5 Å². The van der Waals surface area contributed by atoms with E-state index in [1.54, 1.807) is 23.5 Å². The van der Waals surface area contributed by atoms with Gasteiger partial charge in [-0.3, -0.25) is 0 Å². The number of thiazole rings is 1. The predicted molar refractivity (Wildman–Crippen MR) is 170 cm³/mol. The highest BCUT2D eigenvalue weighted by atomic mass is 35.5. The highest BCUT2D eigenvalue weighted by Gasteiger charge is 2.24. The minimum absolute atomic E-state index is 0.737. The third-order valence-corrected chi connectivity index (χ3v) is 9.79. The molecule has 0 saturated heterocycles. The van der Waals surface area contributed by atoms with Crippen LogP contribution in [0, 0.1) is 0 Å². The third kappa shape index (κ3) is 5.22. The smallest absolute Gasteiger partial charge is 0.262 e. The number of thioether (sulfide) groups is 2. The van der Waals surface area contributed by atoms with Gasteiger partial charge in [0, 0.05) is 45.6 Å². The zero-order valence-corrected chi connectivity index (χ0v) is 24.8. The molecule has 3 aromatic carbocycles. The summed E-state index contributed by atoms with van der Waals surface area (Å²) in [5, 5.41) is 4.92. The lowest BCUT2D eigenvalue weighted by Crippen LogP contribution is -2.33. The molecule has 0 N–H and O–H groups in total. The van der Waals surface area contributed by atoms with Crippen LogP contribution in [0.4, 0.5) is 5.69 Å². The summed E-state index contributed by atoms with van der Waals surface area (Å²) in [5.41, 5.74) is 4.56. The summed E-state index contributed by atoms with van der Waals surface area (Å²) < 4.78 is 9.95.